The molecule has 0 spiro atoms. The maximum Gasteiger partial charge on any atom is 0.225 e. The molecule has 0 saturated carbocycles. The summed E-state index contributed by atoms with van der Waals surface area (Å²) in [5, 5.41) is 0.252. The molecule has 8 heteroatoms. The van der Waals surface area contributed by atoms with Crippen LogP contribution in [-0.2, 0) is 4.74 Å². The van der Waals surface area contributed by atoms with Crippen molar-refractivity contribution < 1.29 is 9.13 Å². The number of hydrogen-bond donors (Lipinski definition) is 0. The molecule has 112 valence electrons. The molecule has 1 aliphatic heterocycles. The molecule has 1 unspecified atom stereocenters. The van der Waals surface area contributed by atoms with E-state index in [9.17, 15) is 4.39 Å². The van der Waals surface area contributed by atoms with E-state index >= 15 is 0 Å². The van der Waals surface area contributed by atoms with Crippen molar-refractivity contribution in [2.45, 2.75) is 19.4 Å². The van der Waals surface area contributed by atoms with Gasteiger partial charge in [-0.05, 0) is 24.9 Å². The van der Waals surface area contributed by atoms with Gasteiger partial charge in [0.2, 0.25) is 5.28 Å². The monoisotopic (exact) mass is 330 g/mol. The summed E-state index contributed by atoms with van der Waals surface area (Å²) < 4.78 is 19.7. The Morgan fingerprint density at radius 3 is 3.00 bits per heavy atom. The van der Waals surface area contributed by atoms with E-state index in [2.05, 4.69) is 15.0 Å². The Hall–Kier alpha value is -1.24. The molecule has 3 rings (SSSR count). The number of anilines is 1. The number of ether oxygens (including phenoxy) is 1. The van der Waals surface area contributed by atoms with Crippen LogP contribution in [0.4, 0.5) is 10.2 Å². The Balaban J connectivity index is 2.15. The van der Waals surface area contributed by atoms with Crippen molar-refractivity contribution in [2.24, 2.45) is 0 Å². The SMILES string of the molecule is CC1CN(c2nc(Cl)nc3c(F)c(Cl)ncc23)CCCO1. The average molecular weight is 331 g/mol. The predicted octanol–water partition coefficient (Wildman–Crippen LogP) is 3.09. The van der Waals surface area contributed by atoms with Crippen molar-refractivity contribution in [3.05, 3.63) is 22.5 Å². The van der Waals surface area contributed by atoms with E-state index in [0.717, 1.165) is 13.0 Å². The Kier molecular flexibility index (Phi) is 4.10. The van der Waals surface area contributed by atoms with E-state index < -0.39 is 5.82 Å². The van der Waals surface area contributed by atoms with Gasteiger partial charge >= 0.3 is 0 Å². The van der Waals surface area contributed by atoms with E-state index in [1.165, 1.54) is 6.20 Å². The van der Waals surface area contributed by atoms with Crippen molar-refractivity contribution in [1.29, 1.82) is 0 Å². The number of hydrogen-bond acceptors (Lipinski definition) is 5. The molecular weight excluding hydrogens is 318 g/mol. The van der Waals surface area contributed by atoms with Crippen LogP contribution in [0.1, 0.15) is 13.3 Å². The third kappa shape index (κ3) is 2.88. The molecular formula is C13H13Cl2FN4O. The first-order valence-electron chi connectivity index (χ1n) is 6.60. The summed E-state index contributed by atoms with van der Waals surface area (Å²) in [5.74, 6) is -0.121. The Labute approximate surface area is 131 Å². The minimum Gasteiger partial charge on any atom is -0.377 e. The largest absolute Gasteiger partial charge is 0.377 e. The molecule has 1 aliphatic rings. The standard InChI is InChI=1S/C13H13Cl2FN4O/c1-7-6-20(3-2-4-21-7)12-8-5-17-11(14)9(16)10(8)18-13(15)19-12/h5,7H,2-4,6H2,1H3. The molecule has 0 N–H and O–H groups in total. The molecule has 1 saturated heterocycles. The van der Waals surface area contributed by atoms with Crippen LogP contribution in [-0.4, -0.2) is 40.8 Å². The van der Waals surface area contributed by atoms with Crippen molar-refractivity contribution >= 4 is 39.9 Å². The number of fused-ring (bicyclic) bond motifs is 1. The molecule has 21 heavy (non-hydrogen) atoms. The zero-order valence-electron chi connectivity index (χ0n) is 11.3. The highest BCUT2D eigenvalue weighted by Crippen LogP contribution is 2.29. The van der Waals surface area contributed by atoms with Crippen LogP contribution in [0.5, 0.6) is 0 Å². The number of nitrogens with zero attached hydrogens (tertiary/aromatic N) is 4. The third-order valence-electron chi connectivity index (χ3n) is 3.35. The normalized spacial score (nSPS) is 19.8. The van der Waals surface area contributed by atoms with E-state index in [4.69, 9.17) is 27.9 Å². The highest BCUT2D eigenvalue weighted by molar-refractivity contribution is 6.30. The Morgan fingerprint density at radius 2 is 2.19 bits per heavy atom. The molecule has 5 nitrogen and oxygen atoms in total. The minimum absolute atomic E-state index is 0.0171. The number of pyridine rings is 1. The molecule has 0 aliphatic carbocycles. The molecule has 1 fully saturated rings. The van der Waals surface area contributed by atoms with Gasteiger partial charge in [-0.1, -0.05) is 11.6 Å². The summed E-state index contributed by atoms with van der Waals surface area (Å²) in [6, 6.07) is 0. The van der Waals surface area contributed by atoms with Crippen molar-refractivity contribution in [2.75, 3.05) is 24.6 Å². The smallest absolute Gasteiger partial charge is 0.225 e. The summed E-state index contributed by atoms with van der Waals surface area (Å²) in [6.45, 7) is 4.07. The summed E-state index contributed by atoms with van der Waals surface area (Å²) in [6.07, 6.45) is 2.39. The maximum absolute atomic E-state index is 14.1. The van der Waals surface area contributed by atoms with Crippen LogP contribution >= 0.6 is 23.2 Å². The van der Waals surface area contributed by atoms with E-state index in [1.54, 1.807) is 0 Å². The number of halogens is 3. The highest BCUT2D eigenvalue weighted by atomic mass is 35.5. The maximum atomic E-state index is 14.1. The first-order valence-corrected chi connectivity index (χ1v) is 7.35. The van der Waals surface area contributed by atoms with Gasteiger partial charge in [-0.3, -0.25) is 0 Å². The van der Waals surface area contributed by atoms with Crippen molar-refractivity contribution in [3.8, 4) is 0 Å². The zero-order valence-corrected chi connectivity index (χ0v) is 12.8. The van der Waals surface area contributed by atoms with Gasteiger partial charge in [0.25, 0.3) is 0 Å². The van der Waals surface area contributed by atoms with Crippen LogP contribution in [0.25, 0.3) is 10.9 Å². The van der Waals surface area contributed by atoms with Crippen LogP contribution in [0.15, 0.2) is 6.20 Å². The quantitative estimate of drug-likeness (QED) is 0.594. The Morgan fingerprint density at radius 1 is 1.38 bits per heavy atom. The lowest BCUT2D eigenvalue weighted by Crippen LogP contribution is -2.31. The predicted molar refractivity (Wildman–Crippen MR) is 79.6 cm³/mol. The lowest BCUT2D eigenvalue weighted by Gasteiger charge is -2.24. The van der Waals surface area contributed by atoms with Gasteiger partial charge in [-0.2, -0.15) is 4.98 Å². The zero-order chi connectivity index (χ0) is 15.0. The second-order valence-electron chi connectivity index (χ2n) is 4.92. The van der Waals surface area contributed by atoms with Gasteiger partial charge in [0.05, 0.1) is 11.5 Å². The molecule has 2 aromatic rings. The topological polar surface area (TPSA) is 51.1 Å². The van der Waals surface area contributed by atoms with Crippen LogP contribution in [0.2, 0.25) is 10.4 Å². The molecule has 0 aromatic carbocycles. The fraction of sp³-hybridized carbons (Fsp3) is 0.462. The molecule has 2 aromatic heterocycles. The van der Waals surface area contributed by atoms with E-state index in [0.29, 0.717) is 24.4 Å². The molecule has 0 radical (unpaired) electrons. The summed E-state index contributed by atoms with van der Waals surface area (Å²) in [5.41, 5.74) is 0.0859. The average Bonchev–Trinajstić information content (AvgIpc) is 2.67. The molecule has 3 heterocycles. The van der Waals surface area contributed by atoms with E-state index in [-0.39, 0.29) is 22.1 Å². The summed E-state index contributed by atoms with van der Waals surface area (Å²) >= 11 is 11.6. The summed E-state index contributed by atoms with van der Waals surface area (Å²) in [7, 11) is 0. The molecule has 1 atom stereocenters. The van der Waals surface area contributed by atoms with Crippen LogP contribution < -0.4 is 4.90 Å². The van der Waals surface area contributed by atoms with Gasteiger partial charge in [0.15, 0.2) is 11.0 Å². The van der Waals surface area contributed by atoms with E-state index in [1.807, 2.05) is 11.8 Å². The first-order chi connectivity index (χ1) is 10.1. The number of rotatable bonds is 1. The molecule has 0 bridgehead atoms. The van der Waals surface area contributed by atoms with Crippen LogP contribution in [0, 0.1) is 5.82 Å². The van der Waals surface area contributed by atoms with Crippen LogP contribution in [0.3, 0.4) is 0 Å². The van der Waals surface area contributed by atoms with Gasteiger partial charge in [0.1, 0.15) is 11.3 Å². The van der Waals surface area contributed by atoms with Gasteiger partial charge < -0.3 is 9.64 Å². The van der Waals surface area contributed by atoms with Gasteiger partial charge in [-0.15, -0.1) is 0 Å². The third-order valence-corrected chi connectivity index (χ3v) is 3.78. The van der Waals surface area contributed by atoms with Gasteiger partial charge in [0, 0.05) is 25.9 Å². The minimum atomic E-state index is -0.682. The lowest BCUT2D eigenvalue weighted by atomic mass is 10.2. The van der Waals surface area contributed by atoms with Gasteiger partial charge in [-0.25, -0.2) is 14.4 Å². The summed E-state index contributed by atoms with van der Waals surface area (Å²) in [4.78, 5) is 14.0. The first kappa shape index (κ1) is 14.7. The second-order valence-corrected chi connectivity index (χ2v) is 5.62. The lowest BCUT2D eigenvalue weighted by molar-refractivity contribution is 0.0820. The number of aromatic nitrogens is 3. The van der Waals surface area contributed by atoms with Crippen molar-refractivity contribution in [3.63, 3.8) is 0 Å². The fourth-order valence-corrected chi connectivity index (χ4v) is 2.72. The molecule has 0 amide bonds. The Bertz CT molecular complexity index is 685. The highest BCUT2D eigenvalue weighted by Gasteiger charge is 2.21. The second kappa shape index (κ2) is 5.87. The van der Waals surface area contributed by atoms with Crippen molar-refractivity contribution in [1.82, 2.24) is 15.0 Å². The fourth-order valence-electron chi connectivity index (χ4n) is 2.42.